The summed E-state index contributed by atoms with van der Waals surface area (Å²) in [5.41, 5.74) is 0.769. The Kier molecular flexibility index (Phi) is 4.39. The summed E-state index contributed by atoms with van der Waals surface area (Å²) in [6, 6.07) is 14.3. The smallest absolute Gasteiger partial charge is 0.245 e. The molecule has 0 radical (unpaired) electrons. The SMILES string of the molecule is O=C1C(NS(=O)(=O)c2ccc(Cl)cc2)CCN1c1ccccc1. The van der Waals surface area contributed by atoms with Gasteiger partial charge in [0.1, 0.15) is 6.04 Å². The number of rotatable bonds is 4. The number of amides is 1. The summed E-state index contributed by atoms with van der Waals surface area (Å²) in [4.78, 5) is 14.1. The van der Waals surface area contributed by atoms with Crippen molar-refractivity contribution < 1.29 is 13.2 Å². The second kappa shape index (κ2) is 6.31. The van der Waals surface area contributed by atoms with Gasteiger partial charge < -0.3 is 4.90 Å². The van der Waals surface area contributed by atoms with Gasteiger partial charge >= 0.3 is 0 Å². The Bertz CT molecular complexity index is 807. The number of nitrogens with zero attached hydrogens (tertiary/aromatic N) is 1. The lowest BCUT2D eigenvalue weighted by molar-refractivity contribution is -0.118. The summed E-state index contributed by atoms with van der Waals surface area (Å²) in [6.45, 7) is 0.483. The van der Waals surface area contributed by atoms with Crippen LogP contribution in [0.5, 0.6) is 0 Å². The molecule has 1 amide bonds. The minimum atomic E-state index is -3.76. The molecule has 1 aliphatic heterocycles. The maximum absolute atomic E-state index is 12.4. The summed E-state index contributed by atoms with van der Waals surface area (Å²) in [7, 11) is -3.76. The monoisotopic (exact) mass is 350 g/mol. The van der Waals surface area contributed by atoms with Crippen LogP contribution in [0.2, 0.25) is 5.02 Å². The first-order valence-corrected chi connectivity index (χ1v) is 8.98. The van der Waals surface area contributed by atoms with Crippen LogP contribution in [0.15, 0.2) is 59.5 Å². The highest BCUT2D eigenvalue weighted by Crippen LogP contribution is 2.22. The molecule has 1 aliphatic rings. The standard InChI is InChI=1S/C16H15ClN2O3S/c17-12-6-8-14(9-7-12)23(21,22)18-15-10-11-19(16(15)20)13-4-2-1-3-5-13/h1-9,15,18H,10-11H2. The molecule has 1 atom stereocenters. The third kappa shape index (κ3) is 3.39. The Balaban J connectivity index is 1.76. The number of sulfonamides is 1. The van der Waals surface area contributed by atoms with Crippen LogP contribution in [0, 0.1) is 0 Å². The summed E-state index contributed by atoms with van der Waals surface area (Å²) in [6.07, 6.45) is 0.431. The molecular weight excluding hydrogens is 336 g/mol. The van der Waals surface area contributed by atoms with E-state index in [1.165, 1.54) is 24.3 Å². The van der Waals surface area contributed by atoms with Crippen LogP contribution in [0.1, 0.15) is 6.42 Å². The van der Waals surface area contributed by atoms with Crippen LogP contribution >= 0.6 is 11.6 Å². The lowest BCUT2D eigenvalue weighted by atomic mass is 10.3. The molecule has 23 heavy (non-hydrogen) atoms. The third-order valence-electron chi connectivity index (χ3n) is 3.69. The van der Waals surface area contributed by atoms with Crippen molar-refractivity contribution in [1.29, 1.82) is 0 Å². The predicted octanol–water partition coefficient (Wildman–Crippen LogP) is 2.42. The van der Waals surface area contributed by atoms with E-state index < -0.39 is 16.1 Å². The van der Waals surface area contributed by atoms with Crippen molar-refractivity contribution in [1.82, 2.24) is 4.72 Å². The Labute approximate surface area is 139 Å². The number of halogens is 1. The highest BCUT2D eigenvalue weighted by atomic mass is 35.5. The van der Waals surface area contributed by atoms with Gasteiger partial charge in [-0.1, -0.05) is 29.8 Å². The maximum atomic E-state index is 12.4. The number of carbonyl (C=O) groups excluding carboxylic acids is 1. The topological polar surface area (TPSA) is 66.5 Å². The van der Waals surface area contributed by atoms with Crippen LogP contribution in [-0.2, 0) is 14.8 Å². The van der Waals surface area contributed by atoms with Crippen molar-refractivity contribution >= 4 is 33.2 Å². The summed E-state index contributed by atoms with van der Waals surface area (Å²) >= 11 is 5.77. The molecule has 1 saturated heterocycles. The molecule has 0 aromatic heterocycles. The zero-order valence-electron chi connectivity index (χ0n) is 12.1. The first-order chi connectivity index (χ1) is 11.0. The van der Waals surface area contributed by atoms with Crippen LogP contribution in [-0.4, -0.2) is 26.9 Å². The van der Waals surface area contributed by atoms with E-state index >= 15 is 0 Å². The summed E-state index contributed by atoms with van der Waals surface area (Å²) < 4.78 is 27.2. The predicted molar refractivity (Wildman–Crippen MR) is 89.0 cm³/mol. The van der Waals surface area contributed by atoms with Crippen molar-refractivity contribution in [2.45, 2.75) is 17.4 Å². The van der Waals surface area contributed by atoms with Crippen molar-refractivity contribution in [2.75, 3.05) is 11.4 Å². The minimum Gasteiger partial charge on any atom is -0.311 e. The fourth-order valence-electron chi connectivity index (χ4n) is 2.52. The molecule has 0 aliphatic carbocycles. The van der Waals surface area contributed by atoms with E-state index in [1.807, 2.05) is 30.3 Å². The Hall–Kier alpha value is -1.89. The fraction of sp³-hybridized carbons (Fsp3) is 0.188. The molecule has 7 heteroatoms. The van der Waals surface area contributed by atoms with E-state index in [-0.39, 0.29) is 10.8 Å². The highest BCUT2D eigenvalue weighted by Gasteiger charge is 2.35. The third-order valence-corrected chi connectivity index (χ3v) is 5.43. The van der Waals surface area contributed by atoms with Gasteiger partial charge in [-0.15, -0.1) is 0 Å². The minimum absolute atomic E-state index is 0.0906. The van der Waals surface area contributed by atoms with Crippen molar-refractivity contribution in [2.24, 2.45) is 0 Å². The quantitative estimate of drug-likeness (QED) is 0.920. The van der Waals surface area contributed by atoms with Gasteiger partial charge in [-0.3, -0.25) is 4.79 Å². The first kappa shape index (κ1) is 16.0. The number of anilines is 1. The number of carbonyl (C=O) groups is 1. The van der Waals surface area contributed by atoms with E-state index in [4.69, 9.17) is 11.6 Å². The molecule has 2 aromatic rings. The molecule has 1 N–H and O–H groups in total. The van der Waals surface area contributed by atoms with Crippen molar-refractivity contribution in [3.63, 3.8) is 0 Å². The average Bonchev–Trinajstić information content (AvgIpc) is 2.89. The van der Waals surface area contributed by atoms with E-state index in [1.54, 1.807) is 4.90 Å². The van der Waals surface area contributed by atoms with Gasteiger partial charge in [0, 0.05) is 17.3 Å². The van der Waals surface area contributed by atoms with E-state index in [0.717, 1.165) is 5.69 Å². The molecule has 3 rings (SSSR count). The Morgan fingerprint density at radius 2 is 1.70 bits per heavy atom. The first-order valence-electron chi connectivity index (χ1n) is 7.12. The number of para-hydroxylation sites is 1. The van der Waals surface area contributed by atoms with E-state index in [9.17, 15) is 13.2 Å². The molecule has 0 spiro atoms. The van der Waals surface area contributed by atoms with E-state index in [0.29, 0.717) is 18.0 Å². The van der Waals surface area contributed by atoms with Crippen LogP contribution < -0.4 is 9.62 Å². The lowest BCUT2D eigenvalue weighted by Gasteiger charge is -2.17. The van der Waals surface area contributed by atoms with Gasteiger partial charge in [0.25, 0.3) is 0 Å². The number of nitrogens with one attached hydrogen (secondary N) is 1. The Morgan fingerprint density at radius 1 is 1.04 bits per heavy atom. The lowest BCUT2D eigenvalue weighted by Crippen LogP contribution is -2.41. The van der Waals surface area contributed by atoms with Gasteiger partial charge in [0.05, 0.1) is 4.90 Å². The van der Waals surface area contributed by atoms with Crippen LogP contribution in [0.3, 0.4) is 0 Å². The zero-order valence-corrected chi connectivity index (χ0v) is 13.7. The van der Waals surface area contributed by atoms with Crippen LogP contribution in [0.4, 0.5) is 5.69 Å². The molecule has 1 heterocycles. The van der Waals surface area contributed by atoms with Gasteiger partial charge in [-0.05, 0) is 42.8 Å². The van der Waals surface area contributed by atoms with Gasteiger partial charge in [-0.2, -0.15) is 4.72 Å². The molecule has 0 bridgehead atoms. The fourth-order valence-corrected chi connectivity index (χ4v) is 3.87. The van der Waals surface area contributed by atoms with Crippen molar-refractivity contribution in [3.8, 4) is 0 Å². The van der Waals surface area contributed by atoms with Gasteiger partial charge in [-0.25, -0.2) is 8.42 Å². The Morgan fingerprint density at radius 3 is 2.35 bits per heavy atom. The molecule has 120 valence electrons. The van der Waals surface area contributed by atoms with Crippen LogP contribution in [0.25, 0.3) is 0 Å². The van der Waals surface area contributed by atoms with Gasteiger partial charge in [0.2, 0.25) is 15.9 Å². The number of benzene rings is 2. The normalized spacial score (nSPS) is 18.4. The number of hydrogen-bond acceptors (Lipinski definition) is 3. The molecule has 5 nitrogen and oxygen atoms in total. The zero-order chi connectivity index (χ0) is 16.4. The summed E-state index contributed by atoms with van der Waals surface area (Å²) in [5, 5.41) is 0.455. The molecule has 1 fully saturated rings. The van der Waals surface area contributed by atoms with E-state index in [2.05, 4.69) is 4.72 Å². The molecular formula is C16H15ClN2O3S. The van der Waals surface area contributed by atoms with Crippen molar-refractivity contribution in [3.05, 3.63) is 59.6 Å². The second-order valence-corrected chi connectivity index (χ2v) is 7.39. The highest BCUT2D eigenvalue weighted by molar-refractivity contribution is 7.89. The second-order valence-electron chi connectivity index (χ2n) is 5.24. The maximum Gasteiger partial charge on any atom is 0.245 e. The number of hydrogen-bond donors (Lipinski definition) is 1. The molecule has 1 unspecified atom stereocenters. The largest absolute Gasteiger partial charge is 0.311 e. The van der Waals surface area contributed by atoms with Gasteiger partial charge in [0.15, 0.2) is 0 Å². The average molecular weight is 351 g/mol. The molecule has 0 saturated carbocycles. The molecule has 2 aromatic carbocycles. The summed E-state index contributed by atoms with van der Waals surface area (Å²) in [5.74, 6) is -0.242.